The molecule has 23 heavy (non-hydrogen) atoms. The molecule has 0 radical (unpaired) electrons. The second-order valence-corrected chi connectivity index (χ2v) is 6.58. The van der Waals surface area contributed by atoms with Gasteiger partial charge in [-0.15, -0.1) is 6.58 Å². The Labute approximate surface area is 137 Å². The van der Waals surface area contributed by atoms with Gasteiger partial charge in [0.15, 0.2) is 0 Å². The van der Waals surface area contributed by atoms with Crippen molar-refractivity contribution < 1.29 is 13.9 Å². The second-order valence-electron chi connectivity index (χ2n) is 6.58. The summed E-state index contributed by atoms with van der Waals surface area (Å²) < 4.78 is 18.6. The molecule has 0 saturated carbocycles. The highest BCUT2D eigenvalue weighted by Gasteiger charge is 2.33. The first-order valence-electron chi connectivity index (χ1n) is 8.27. The summed E-state index contributed by atoms with van der Waals surface area (Å²) in [6.07, 6.45) is 5.41. The average molecular weight is 319 g/mol. The van der Waals surface area contributed by atoms with Crippen LogP contribution in [0.3, 0.4) is 0 Å². The molecular formula is C19H26FNO2. The van der Waals surface area contributed by atoms with Crippen LogP contribution in [-0.2, 0) is 16.0 Å². The van der Waals surface area contributed by atoms with Gasteiger partial charge in [-0.2, -0.15) is 0 Å². The highest BCUT2D eigenvalue weighted by atomic mass is 19.1. The van der Waals surface area contributed by atoms with Crippen molar-refractivity contribution in [3.63, 3.8) is 0 Å². The number of hydrogen-bond donors (Lipinski definition) is 1. The van der Waals surface area contributed by atoms with Crippen LogP contribution in [0.15, 0.2) is 36.9 Å². The van der Waals surface area contributed by atoms with Crippen LogP contribution in [0.4, 0.5) is 4.39 Å². The minimum Gasteiger partial charge on any atom is -0.381 e. The third-order valence-corrected chi connectivity index (χ3v) is 4.40. The van der Waals surface area contributed by atoms with Crippen LogP contribution in [0.5, 0.6) is 0 Å². The van der Waals surface area contributed by atoms with E-state index in [1.54, 1.807) is 6.07 Å². The van der Waals surface area contributed by atoms with Crippen molar-refractivity contribution in [1.29, 1.82) is 0 Å². The maximum atomic E-state index is 13.2. The summed E-state index contributed by atoms with van der Waals surface area (Å²) in [7, 11) is 0. The van der Waals surface area contributed by atoms with Gasteiger partial charge in [-0.3, -0.25) is 4.79 Å². The van der Waals surface area contributed by atoms with Gasteiger partial charge in [0.05, 0.1) is 0 Å². The number of benzene rings is 1. The highest BCUT2D eigenvalue weighted by Crippen LogP contribution is 2.25. The fourth-order valence-electron chi connectivity index (χ4n) is 3.22. The Hall–Kier alpha value is -1.68. The third-order valence-electron chi connectivity index (χ3n) is 4.40. The lowest BCUT2D eigenvalue weighted by molar-refractivity contribution is -0.125. The zero-order valence-corrected chi connectivity index (χ0v) is 13.8. The molecule has 126 valence electrons. The number of hydrogen-bond acceptors (Lipinski definition) is 2. The molecule has 1 atom stereocenters. The van der Waals surface area contributed by atoms with E-state index in [-0.39, 0.29) is 23.2 Å². The largest absolute Gasteiger partial charge is 0.381 e. The van der Waals surface area contributed by atoms with Crippen molar-refractivity contribution in [2.75, 3.05) is 13.2 Å². The predicted molar refractivity (Wildman–Crippen MR) is 89.6 cm³/mol. The molecule has 1 amide bonds. The SMILES string of the molecule is C=CCC1(NC(=O)CC(C)Cc2cccc(F)c2)CCOCC1. The molecule has 0 aromatic heterocycles. The fraction of sp³-hybridized carbons (Fsp3) is 0.526. The van der Waals surface area contributed by atoms with Crippen LogP contribution in [0, 0.1) is 11.7 Å². The van der Waals surface area contributed by atoms with Gasteiger partial charge in [0.2, 0.25) is 5.91 Å². The Kier molecular flexibility index (Phi) is 6.34. The quantitative estimate of drug-likeness (QED) is 0.779. The topological polar surface area (TPSA) is 38.3 Å². The van der Waals surface area contributed by atoms with Crippen LogP contribution in [0.25, 0.3) is 0 Å². The lowest BCUT2D eigenvalue weighted by Gasteiger charge is -2.37. The molecule has 1 aliphatic rings. The third kappa shape index (κ3) is 5.47. The summed E-state index contributed by atoms with van der Waals surface area (Å²) in [5.41, 5.74) is 0.715. The molecule has 4 heteroatoms. The smallest absolute Gasteiger partial charge is 0.220 e. The first-order chi connectivity index (χ1) is 11.0. The first-order valence-corrected chi connectivity index (χ1v) is 8.27. The van der Waals surface area contributed by atoms with Crippen molar-refractivity contribution in [3.05, 3.63) is 48.3 Å². The van der Waals surface area contributed by atoms with Crippen molar-refractivity contribution in [2.45, 2.75) is 44.6 Å². The molecule has 0 bridgehead atoms. The molecule has 3 nitrogen and oxygen atoms in total. The van der Waals surface area contributed by atoms with Crippen molar-refractivity contribution in [2.24, 2.45) is 5.92 Å². The lowest BCUT2D eigenvalue weighted by atomic mass is 9.86. The van der Waals surface area contributed by atoms with Gasteiger partial charge in [-0.1, -0.05) is 25.1 Å². The minimum absolute atomic E-state index is 0.0534. The summed E-state index contributed by atoms with van der Waals surface area (Å²) >= 11 is 0. The van der Waals surface area contributed by atoms with Gasteiger partial charge in [-0.25, -0.2) is 4.39 Å². The highest BCUT2D eigenvalue weighted by molar-refractivity contribution is 5.77. The molecule has 1 aromatic carbocycles. The van der Waals surface area contributed by atoms with Gasteiger partial charge in [0, 0.05) is 25.2 Å². The van der Waals surface area contributed by atoms with E-state index < -0.39 is 0 Å². The summed E-state index contributed by atoms with van der Waals surface area (Å²) in [6.45, 7) is 7.17. The van der Waals surface area contributed by atoms with Crippen LogP contribution in [0.1, 0.15) is 38.2 Å². The minimum atomic E-state index is -0.230. The predicted octanol–water partition coefficient (Wildman–Crippen LogP) is 3.64. The van der Waals surface area contributed by atoms with E-state index in [1.165, 1.54) is 12.1 Å². The monoisotopic (exact) mass is 319 g/mol. The molecule has 1 aliphatic heterocycles. The number of carbonyl (C=O) groups excluding carboxylic acids is 1. The molecule has 1 saturated heterocycles. The van der Waals surface area contributed by atoms with E-state index in [9.17, 15) is 9.18 Å². The first kappa shape index (κ1) is 17.7. The van der Waals surface area contributed by atoms with E-state index >= 15 is 0 Å². The summed E-state index contributed by atoms with van der Waals surface area (Å²) in [5, 5.41) is 3.20. The van der Waals surface area contributed by atoms with Crippen LogP contribution in [0.2, 0.25) is 0 Å². The van der Waals surface area contributed by atoms with Gasteiger partial charge < -0.3 is 10.1 Å². The molecule has 1 unspecified atom stereocenters. The Morgan fingerprint density at radius 2 is 2.22 bits per heavy atom. The zero-order valence-electron chi connectivity index (χ0n) is 13.8. The Bertz CT molecular complexity index is 538. The van der Waals surface area contributed by atoms with E-state index in [1.807, 2.05) is 19.1 Å². The number of halogens is 1. The van der Waals surface area contributed by atoms with E-state index in [4.69, 9.17) is 4.74 Å². The van der Waals surface area contributed by atoms with E-state index in [0.717, 1.165) is 24.8 Å². The number of ether oxygens (including phenoxy) is 1. The van der Waals surface area contributed by atoms with Crippen LogP contribution >= 0.6 is 0 Å². The maximum Gasteiger partial charge on any atom is 0.220 e. The maximum absolute atomic E-state index is 13.2. The van der Waals surface area contributed by atoms with Crippen molar-refractivity contribution >= 4 is 5.91 Å². The summed E-state index contributed by atoms with van der Waals surface area (Å²) in [6, 6.07) is 6.57. The summed E-state index contributed by atoms with van der Waals surface area (Å²) in [5.74, 6) is -0.0126. The van der Waals surface area contributed by atoms with E-state index in [0.29, 0.717) is 26.1 Å². The Balaban J connectivity index is 1.88. The van der Waals surface area contributed by atoms with Crippen molar-refractivity contribution in [3.8, 4) is 0 Å². The van der Waals surface area contributed by atoms with Crippen LogP contribution < -0.4 is 5.32 Å². The second kappa shape index (κ2) is 8.25. The van der Waals surface area contributed by atoms with Crippen molar-refractivity contribution in [1.82, 2.24) is 5.32 Å². The van der Waals surface area contributed by atoms with E-state index in [2.05, 4.69) is 11.9 Å². The van der Waals surface area contributed by atoms with Gasteiger partial charge in [0.1, 0.15) is 5.82 Å². The number of amides is 1. The Morgan fingerprint density at radius 3 is 2.87 bits per heavy atom. The standard InChI is InChI=1S/C19H26FNO2/c1-3-7-19(8-10-23-11-9-19)21-18(22)13-15(2)12-16-5-4-6-17(20)14-16/h3-6,14-15H,1,7-13H2,2H3,(H,21,22). The summed E-state index contributed by atoms with van der Waals surface area (Å²) in [4.78, 5) is 12.4. The normalized spacial score (nSPS) is 18.2. The fourth-order valence-corrected chi connectivity index (χ4v) is 3.22. The molecule has 1 heterocycles. The molecule has 1 fully saturated rings. The van der Waals surface area contributed by atoms with Gasteiger partial charge in [-0.05, 0) is 49.3 Å². The molecule has 1 N–H and O–H groups in total. The molecule has 0 spiro atoms. The lowest BCUT2D eigenvalue weighted by Crippen LogP contribution is -2.51. The average Bonchev–Trinajstić information content (AvgIpc) is 2.47. The van der Waals surface area contributed by atoms with Gasteiger partial charge in [0.25, 0.3) is 0 Å². The molecular weight excluding hydrogens is 293 g/mol. The number of nitrogens with one attached hydrogen (secondary N) is 1. The van der Waals surface area contributed by atoms with Gasteiger partial charge >= 0.3 is 0 Å². The molecule has 0 aliphatic carbocycles. The number of rotatable bonds is 7. The molecule has 1 aromatic rings. The number of carbonyl (C=O) groups is 1. The van der Waals surface area contributed by atoms with Crippen LogP contribution in [-0.4, -0.2) is 24.7 Å². The molecule has 2 rings (SSSR count). The zero-order chi connectivity index (χ0) is 16.7. The Morgan fingerprint density at radius 1 is 1.48 bits per heavy atom.